The van der Waals surface area contributed by atoms with E-state index in [0.29, 0.717) is 18.6 Å². The van der Waals surface area contributed by atoms with Crippen molar-refractivity contribution in [3.05, 3.63) is 38.9 Å². The van der Waals surface area contributed by atoms with Gasteiger partial charge in [-0.05, 0) is 46.2 Å². The standard InChI is InChI=1S/C25H29ClFN3O6/c1-4-35-24(33)18(25(34)36-5-2)23(32)16-12-30(14-6-7-14)20-15(22(16)31)10-17(27)21(19(20)26)29-9-8-13(11-29)28-3/h10,12-14,18,28H,4-9,11H2,1-3H3. The number of fused-ring (bicyclic) bond motifs is 1. The number of likely N-dealkylation sites (N-methyl/N-ethyl adjacent to an activating group) is 1. The van der Waals surface area contributed by atoms with Crippen molar-refractivity contribution in [2.75, 3.05) is 38.3 Å². The van der Waals surface area contributed by atoms with Crippen molar-refractivity contribution in [3.63, 3.8) is 0 Å². The van der Waals surface area contributed by atoms with Crippen LogP contribution in [0.4, 0.5) is 10.1 Å². The number of rotatable bonds is 9. The number of Topliss-reactive ketones (excluding diaryl/α,β-unsaturated/α-hetero) is 1. The van der Waals surface area contributed by atoms with E-state index in [9.17, 15) is 19.2 Å². The zero-order valence-corrected chi connectivity index (χ0v) is 21.2. The Morgan fingerprint density at radius 2 is 1.81 bits per heavy atom. The lowest BCUT2D eigenvalue weighted by Crippen LogP contribution is -2.37. The number of esters is 2. The van der Waals surface area contributed by atoms with E-state index >= 15 is 4.39 Å². The molecule has 1 atom stereocenters. The van der Waals surface area contributed by atoms with Gasteiger partial charge in [0.25, 0.3) is 0 Å². The number of carbonyl (C=O) groups excluding carboxylic acids is 3. The lowest BCUT2D eigenvalue weighted by molar-refractivity contribution is -0.158. The van der Waals surface area contributed by atoms with Crippen molar-refractivity contribution in [2.45, 2.75) is 45.2 Å². The average molecular weight is 522 g/mol. The predicted octanol–water partition coefficient (Wildman–Crippen LogP) is 2.85. The quantitative estimate of drug-likeness (QED) is 0.305. The van der Waals surface area contributed by atoms with E-state index in [4.69, 9.17) is 21.1 Å². The zero-order chi connectivity index (χ0) is 26.1. The van der Waals surface area contributed by atoms with E-state index in [2.05, 4.69) is 5.32 Å². The fraction of sp³-hybridized carbons (Fsp3) is 0.520. The predicted molar refractivity (Wildman–Crippen MR) is 132 cm³/mol. The van der Waals surface area contributed by atoms with Crippen LogP contribution in [0.2, 0.25) is 5.02 Å². The molecule has 1 aliphatic heterocycles. The Kier molecular flexibility index (Phi) is 7.65. The first kappa shape index (κ1) is 26.1. The second-order valence-electron chi connectivity index (χ2n) is 8.95. The SMILES string of the molecule is CCOC(=O)C(C(=O)OCC)C(=O)c1cn(C2CC2)c2c(Cl)c(N3CCC(NC)C3)c(F)cc2c1=O. The van der Waals surface area contributed by atoms with E-state index in [1.807, 2.05) is 11.9 Å². The Labute approximate surface area is 212 Å². The van der Waals surface area contributed by atoms with Crippen LogP contribution in [0.25, 0.3) is 10.9 Å². The summed E-state index contributed by atoms with van der Waals surface area (Å²) in [6.45, 7) is 4.08. The number of aromatic nitrogens is 1. The number of carbonyl (C=O) groups is 3. The summed E-state index contributed by atoms with van der Waals surface area (Å²) < 4.78 is 26.9. The molecule has 2 aliphatic rings. The molecule has 0 spiro atoms. The first-order valence-corrected chi connectivity index (χ1v) is 12.5. The number of benzene rings is 1. The Morgan fingerprint density at radius 3 is 2.33 bits per heavy atom. The molecule has 0 amide bonds. The number of nitrogens with zero attached hydrogens (tertiary/aromatic N) is 2. The molecule has 1 saturated heterocycles. The summed E-state index contributed by atoms with van der Waals surface area (Å²) in [5.74, 6) is -5.89. The summed E-state index contributed by atoms with van der Waals surface area (Å²) in [6, 6.07) is 1.22. The molecule has 1 aromatic heterocycles. The van der Waals surface area contributed by atoms with Crippen molar-refractivity contribution < 1.29 is 28.2 Å². The Morgan fingerprint density at radius 1 is 1.17 bits per heavy atom. The number of halogens is 2. The van der Waals surface area contributed by atoms with E-state index in [1.54, 1.807) is 4.57 Å². The van der Waals surface area contributed by atoms with Crippen LogP contribution in [0.15, 0.2) is 17.1 Å². The Bertz CT molecular complexity index is 1260. The molecule has 0 bridgehead atoms. The highest BCUT2D eigenvalue weighted by molar-refractivity contribution is 6.38. The summed E-state index contributed by atoms with van der Waals surface area (Å²) in [6.07, 6.45) is 3.69. The summed E-state index contributed by atoms with van der Waals surface area (Å²) >= 11 is 6.75. The smallest absolute Gasteiger partial charge is 0.328 e. The highest BCUT2D eigenvalue weighted by Crippen LogP contribution is 2.42. The molecule has 1 saturated carbocycles. The van der Waals surface area contributed by atoms with Crippen LogP contribution >= 0.6 is 11.6 Å². The normalized spacial score (nSPS) is 17.6. The molecule has 1 N–H and O–H groups in total. The molecule has 9 nitrogen and oxygen atoms in total. The maximum Gasteiger partial charge on any atom is 0.328 e. The highest BCUT2D eigenvalue weighted by atomic mass is 35.5. The third-order valence-electron chi connectivity index (χ3n) is 6.61. The van der Waals surface area contributed by atoms with Gasteiger partial charge in [0.2, 0.25) is 5.92 Å². The van der Waals surface area contributed by atoms with Gasteiger partial charge in [0, 0.05) is 31.4 Å². The van der Waals surface area contributed by atoms with Crippen LogP contribution in [-0.4, -0.2) is 61.7 Å². The number of hydrogen-bond donors (Lipinski definition) is 1. The maximum atomic E-state index is 15.4. The molecule has 0 radical (unpaired) electrons. The third kappa shape index (κ3) is 4.71. The second kappa shape index (κ2) is 10.6. The van der Waals surface area contributed by atoms with E-state index < -0.39 is 40.4 Å². The van der Waals surface area contributed by atoms with Crippen LogP contribution in [-0.2, 0) is 19.1 Å². The summed E-state index contributed by atoms with van der Waals surface area (Å²) in [7, 11) is 1.84. The minimum absolute atomic E-state index is 0.0530. The first-order chi connectivity index (χ1) is 17.2. The van der Waals surface area contributed by atoms with Gasteiger partial charge in [-0.3, -0.25) is 19.2 Å². The van der Waals surface area contributed by atoms with Crippen molar-refractivity contribution in [3.8, 4) is 0 Å². The minimum Gasteiger partial charge on any atom is -0.465 e. The summed E-state index contributed by atoms with van der Waals surface area (Å²) in [4.78, 5) is 53.7. The number of nitrogens with one attached hydrogen (secondary N) is 1. The van der Waals surface area contributed by atoms with Crippen LogP contribution < -0.4 is 15.6 Å². The molecule has 36 heavy (non-hydrogen) atoms. The van der Waals surface area contributed by atoms with E-state index in [1.165, 1.54) is 20.0 Å². The fourth-order valence-corrected chi connectivity index (χ4v) is 5.06. The zero-order valence-electron chi connectivity index (χ0n) is 20.4. The van der Waals surface area contributed by atoms with Crippen molar-refractivity contribution in [1.82, 2.24) is 9.88 Å². The minimum atomic E-state index is -1.95. The second-order valence-corrected chi connectivity index (χ2v) is 9.33. The Balaban J connectivity index is 1.88. The average Bonchev–Trinajstić information content (AvgIpc) is 3.57. The van der Waals surface area contributed by atoms with Crippen molar-refractivity contribution >= 4 is 45.9 Å². The summed E-state index contributed by atoms with van der Waals surface area (Å²) in [5, 5.41) is 3.19. The molecule has 1 unspecified atom stereocenters. The third-order valence-corrected chi connectivity index (χ3v) is 6.97. The maximum absolute atomic E-state index is 15.4. The lowest BCUT2D eigenvalue weighted by atomic mass is 9.96. The molecular formula is C25H29ClFN3O6. The molecule has 2 heterocycles. The van der Waals surface area contributed by atoms with Gasteiger partial charge in [-0.1, -0.05) is 11.6 Å². The molecule has 4 rings (SSSR count). The first-order valence-electron chi connectivity index (χ1n) is 12.1. The fourth-order valence-electron chi connectivity index (χ4n) is 4.65. The molecule has 1 aliphatic carbocycles. The van der Waals surface area contributed by atoms with Crippen LogP contribution in [0.1, 0.15) is 49.5 Å². The van der Waals surface area contributed by atoms with Gasteiger partial charge in [0.1, 0.15) is 5.82 Å². The summed E-state index contributed by atoms with van der Waals surface area (Å²) in [5.41, 5.74) is -0.688. The molecule has 2 fully saturated rings. The Hall–Kier alpha value is -2.98. The number of hydrogen-bond acceptors (Lipinski definition) is 8. The van der Waals surface area contributed by atoms with Gasteiger partial charge in [-0.2, -0.15) is 0 Å². The number of ether oxygens (including phenoxy) is 2. The van der Waals surface area contributed by atoms with Crippen LogP contribution in [0.3, 0.4) is 0 Å². The van der Waals surface area contributed by atoms with Crippen LogP contribution in [0, 0.1) is 11.7 Å². The van der Waals surface area contributed by atoms with E-state index in [-0.39, 0.29) is 41.4 Å². The van der Waals surface area contributed by atoms with E-state index in [0.717, 1.165) is 25.3 Å². The van der Waals surface area contributed by atoms with Gasteiger partial charge < -0.3 is 24.3 Å². The molecular weight excluding hydrogens is 493 g/mol. The molecule has 194 valence electrons. The number of ketones is 1. The number of pyridine rings is 1. The van der Waals surface area contributed by atoms with Crippen LogP contribution in [0.5, 0.6) is 0 Å². The lowest BCUT2D eigenvalue weighted by Gasteiger charge is -2.23. The van der Waals surface area contributed by atoms with Crippen molar-refractivity contribution in [2.24, 2.45) is 5.92 Å². The molecule has 2 aromatic rings. The van der Waals surface area contributed by atoms with Gasteiger partial charge in [0.15, 0.2) is 11.2 Å². The monoisotopic (exact) mass is 521 g/mol. The topological polar surface area (TPSA) is 107 Å². The van der Waals surface area contributed by atoms with Gasteiger partial charge in [-0.15, -0.1) is 0 Å². The molecule has 11 heteroatoms. The van der Waals surface area contributed by atoms with Gasteiger partial charge in [-0.25, -0.2) is 4.39 Å². The van der Waals surface area contributed by atoms with Gasteiger partial charge >= 0.3 is 11.9 Å². The largest absolute Gasteiger partial charge is 0.465 e. The van der Waals surface area contributed by atoms with Crippen molar-refractivity contribution in [1.29, 1.82) is 0 Å². The van der Waals surface area contributed by atoms with Gasteiger partial charge in [0.05, 0.1) is 40.4 Å². The highest BCUT2D eigenvalue weighted by Gasteiger charge is 2.40. The molecule has 1 aromatic carbocycles. The number of anilines is 1.